The maximum absolute atomic E-state index is 12.7. The van der Waals surface area contributed by atoms with Crippen LogP contribution in [-0.4, -0.2) is 25.8 Å². The zero-order chi connectivity index (χ0) is 17.7. The number of aromatic nitrogens is 4. The number of hydrogen-bond acceptors (Lipinski definition) is 5. The summed E-state index contributed by atoms with van der Waals surface area (Å²) in [7, 11) is 0. The van der Waals surface area contributed by atoms with E-state index in [-0.39, 0.29) is 11.9 Å². The number of carbonyl (C=O) groups is 1. The van der Waals surface area contributed by atoms with Crippen molar-refractivity contribution in [2.45, 2.75) is 45.2 Å². The molecule has 5 rings (SSSR count). The highest BCUT2D eigenvalue weighted by atomic mass is 16.5. The largest absolute Gasteiger partial charge is 0.345 e. The Bertz CT molecular complexity index is 1000. The summed E-state index contributed by atoms with van der Waals surface area (Å²) in [6.45, 7) is 2.69. The smallest absolute Gasteiger partial charge is 0.255 e. The molecule has 3 heterocycles. The van der Waals surface area contributed by atoms with Gasteiger partial charge in [-0.2, -0.15) is 10.1 Å². The third-order valence-corrected chi connectivity index (χ3v) is 5.29. The van der Waals surface area contributed by atoms with E-state index in [1.54, 1.807) is 13.1 Å². The molecule has 1 atom stereocenters. The fraction of sp³-hybridized carbons (Fsp3) is 0.368. The number of benzene rings is 1. The number of rotatable bonds is 3. The highest BCUT2D eigenvalue weighted by Gasteiger charge is 2.27. The number of nitrogens with zero attached hydrogens (tertiary/aromatic N) is 4. The molecular weight excluding hydrogens is 330 g/mol. The predicted octanol–water partition coefficient (Wildman–Crippen LogP) is 2.61. The molecule has 1 amide bonds. The minimum Gasteiger partial charge on any atom is -0.345 e. The molecule has 0 radical (unpaired) electrons. The molecule has 2 aliphatic rings. The van der Waals surface area contributed by atoms with Crippen molar-refractivity contribution in [1.82, 2.24) is 25.2 Å². The number of nitrogens with one attached hydrogen (secondary N) is 1. The Labute approximate surface area is 150 Å². The molecule has 1 aliphatic heterocycles. The van der Waals surface area contributed by atoms with Crippen LogP contribution in [0.3, 0.4) is 0 Å². The van der Waals surface area contributed by atoms with Crippen LogP contribution in [0.25, 0.3) is 11.4 Å². The van der Waals surface area contributed by atoms with Gasteiger partial charge < -0.3 is 9.84 Å². The molecule has 1 aliphatic carbocycles. The van der Waals surface area contributed by atoms with Crippen LogP contribution in [0.1, 0.15) is 52.0 Å². The van der Waals surface area contributed by atoms with Gasteiger partial charge in [-0.1, -0.05) is 17.3 Å². The van der Waals surface area contributed by atoms with Crippen molar-refractivity contribution in [2.24, 2.45) is 0 Å². The lowest BCUT2D eigenvalue weighted by Gasteiger charge is -2.14. The first-order valence-electron chi connectivity index (χ1n) is 8.98. The number of hydrogen-bond donors (Lipinski definition) is 1. The minimum absolute atomic E-state index is 0.0242. The molecule has 0 saturated heterocycles. The predicted molar refractivity (Wildman–Crippen MR) is 93.5 cm³/mol. The Morgan fingerprint density at radius 2 is 2.27 bits per heavy atom. The van der Waals surface area contributed by atoms with Gasteiger partial charge in [-0.05, 0) is 42.9 Å². The van der Waals surface area contributed by atoms with E-state index in [4.69, 9.17) is 4.52 Å². The molecule has 7 heteroatoms. The Hall–Kier alpha value is -2.96. The number of aryl methyl sites for hydroxylation is 3. The first kappa shape index (κ1) is 15.3. The van der Waals surface area contributed by atoms with Crippen LogP contribution >= 0.6 is 0 Å². The standard InChI is InChI=1S/C19H19N5O2/c1-11-21-18(23-26-11)13-4-6-14-12(9-13)5-7-16(14)22-19(25)15-10-20-24-8-2-3-17(15)24/h4,6,9-10,16H,2-3,5,7-8H2,1H3,(H,22,25). The van der Waals surface area contributed by atoms with Gasteiger partial charge in [0.05, 0.1) is 23.5 Å². The maximum Gasteiger partial charge on any atom is 0.255 e. The van der Waals surface area contributed by atoms with Gasteiger partial charge in [0.1, 0.15) is 0 Å². The van der Waals surface area contributed by atoms with Gasteiger partial charge in [-0.25, -0.2) is 0 Å². The van der Waals surface area contributed by atoms with Crippen LogP contribution in [0.15, 0.2) is 28.9 Å². The summed E-state index contributed by atoms with van der Waals surface area (Å²) in [6.07, 6.45) is 5.52. The summed E-state index contributed by atoms with van der Waals surface area (Å²) >= 11 is 0. The first-order valence-corrected chi connectivity index (χ1v) is 8.98. The quantitative estimate of drug-likeness (QED) is 0.785. The van der Waals surface area contributed by atoms with E-state index >= 15 is 0 Å². The van der Waals surface area contributed by atoms with E-state index in [1.807, 2.05) is 10.7 Å². The number of carbonyl (C=O) groups excluding carboxylic acids is 1. The average Bonchev–Trinajstić information content (AvgIpc) is 3.38. The van der Waals surface area contributed by atoms with Gasteiger partial charge in [0, 0.05) is 19.0 Å². The third kappa shape index (κ3) is 2.42. The fourth-order valence-corrected chi connectivity index (χ4v) is 4.01. The molecule has 3 aromatic rings. The summed E-state index contributed by atoms with van der Waals surface area (Å²) in [6, 6.07) is 6.20. The van der Waals surface area contributed by atoms with Crippen molar-refractivity contribution in [3.8, 4) is 11.4 Å². The van der Waals surface area contributed by atoms with Crippen molar-refractivity contribution < 1.29 is 9.32 Å². The third-order valence-electron chi connectivity index (χ3n) is 5.29. The average molecular weight is 349 g/mol. The number of amides is 1. The van der Waals surface area contributed by atoms with E-state index in [9.17, 15) is 4.79 Å². The molecule has 0 fully saturated rings. The van der Waals surface area contributed by atoms with Crippen LogP contribution in [0.4, 0.5) is 0 Å². The van der Waals surface area contributed by atoms with Gasteiger partial charge in [-0.15, -0.1) is 0 Å². The van der Waals surface area contributed by atoms with Crippen LogP contribution in [0.5, 0.6) is 0 Å². The van der Waals surface area contributed by atoms with Crippen molar-refractivity contribution in [3.05, 3.63) is 52.7 Å². The molecule has 1 N–H and O–H groups in total. The first-order chi connectivity index (χ1) is 12.7. The highest BCUT2D eigenvalue weighted by molar-refractivity contribution is 5.95. The molecule has 0 bridgehead atoms. The van der Waals surface area contributed by atoms with Crippen molar-refractivity contribution in [2.75, 3.05) is 0 Å². The Morgan fingerprint density at radius 1 is 1.35 bits per heavy atom. The van der Waals surface area contributed by atoms with Crippen LogP contribution < -0.4 is 5.32 Å². The molecule has 1 unspecified atom stereocenters. The Kier molecular flexibility index (Phi) is 3.41. The van der Waals surface area contributed by atoms with Crippen LogP contribution in [-0.2, 0) is 19.4 Å². The van der Waals surface area contributed by atoms with E-state index in [2.05, 4.69) is 32.7 Å². The molecule has 7 nitrogen and oxygen atoms in total. The molecule has 1 aromatic carbocycles. The van der Waals surface area contributed by atoms with E-state index in [0.717, 1.165) is 49.0 Å². The molecule has 132 valence electrons. The summed E-state index contributed by atoms with van der Waals surface area (Å²) in [5, 5.41) is 11.5. The Balaban J connectivity index is 1.37. The van der Waals surface area contributed by atoms with Gasteiger partial charge in [-0.3, -0.25) is 9.48 Å². The second-order valence-electron chi connectivity index (χ2n) is 6.95. The molecule has 0 spiro atoms. The molecule has 2 aromatic heterocycles. The number of fused-ring (bicyclic) bond motifs is 2. The van der Waals surface area contributed by atoms with Crippen LogP contribution in [0.2, 0.25) is 0 Å². The summed E-state index contributed by atoms with van der Waals surface area (Å²) in [4.78, 5) is 17.0. The zero-order valence-electron chi connectivity index (χ0n) is 14.5. The summed E-state index contributed by atoms with van der Waals surface area (Å²) in [5.74, 6) is 1.14. The lowest BCUT2D eigenvalue weighted by atomic mass is 10.0. The van der Waals surface area contributed by atoms with Gasteiger partial charge >= 0.3 is 0 Å². The SMILES string of the molecule is Cc1nc(-c2ccc3c(c2)CCC3NC(=O)c2cnn3c2CCC3)no1. The molecule has 26 heavy (non-hydrogen) atoms. The Morgan fingerprint density at radius 3 is 3.12 bits per heavy atom. The van der Waals surface area contributed by atoms with Crippen molar-refractivity contribution in [3.63, 3.8) is 0 Å². The topological polar surface area (TPSA) is 85.8 Å². The highest BCUT2D eigenvalue weighted by Crippen LogP contribution is 2.34. The lowest BCUT2D eigenvalue weighted by molar-refractivity contribution is 0.0936. The second kappa shape index (κ2) is 5.79. The molecular formula is C19H19N5O2. The normalized spacial score (nSPS) is 18.0. The van der Waals surface area contributed by atoms with E-state index in [1.165, 1.54) is 11.1 Å². The molecule has 0 saturated carbocycles. The van der Waals surface area contributed by atoms with Gasteiger partial charge in [0.15, 0.2) is 0 Å². The zero-order valence-corrected chi connectivity index (χ0v) is 14.5. The van der Waals surface area contributed by atoms with Crippen LogP contribution in [0, 0.1) is 6.92 Å². The monoisotopic (exact) mass is 349 g/mol. The minimum atomic E-state index is -0.0242. The van der Waals surface area contributed by atoms with Gasteiger partial charge in [0.25, 0.3) is 5.91 Å². The maximum atomic E-state index is 12.7. The van der Waals surface area contributed by atoms with E-state index < -0.39 is 0 Å². The summed E-state index contributed by atoms with van der Waals surface area (Å²) in [5.41, 5.74) is 5.13. The summed E-state index contributed by atoms with van der Waals surface area (Å²) < 4.78 is 7.01. The second-order valence-corrected chi connectivity index (χ2v) is 6.95. The van der Waals surface area contributed by atoms with E-state index in [0.29, 0.717) is 11.7 Å². The lowest BCUT2D eigenvalue weighted by Crippen LogP contribution is -2.27. The van der Waals surface area contributed by atoms with Crippen molar-refractivity contribution in [1.29, 1.82) is 0 Å². The van der Waals surface area contributed by atoms with Crippen molar-refractivity contribution >= 4 is 5.91 Å². The fourth-order valence-electron chi connectivity index (χ4n) is 4.01. The van der Waals surface area contributed by atoms with Gasteiger partial charge in [0.2, 0.25) is 11.7 Å².